The molecule has 0 aliphatic heterocycles. The summed E-state index contributed by atoms with van der Waals surface area (Å²) in [6.07, 6.45) is 0. The van der Waals surface area contributed by atoms with E-state index >= 15 is 0 Å². The maximum absolute atomic E-state index is 12.7. The third-order valence-corrected chi connectivity index (χ3v) is 3.39. The van der Waals surface area contributed by atoms with Crippen LogP contribution in [0.2, 0.25) is 0 Å². The van der Waals surface area contributed by atoms with E-state index in [9.17, 15) is 17.2 Å². The van der Waals surface area contributed by atoms with Crippen LogP contribution in [0.4, 0.5) is 8.78 Å². The molecule has 0 aromatic heterocycles. The first-order chi connectivity index (χ1) is 9.94. The van der Waals surface area contributed by atoms with Gasteiger partial charge in [0.2, 0.25) is 9.84 Å². The molecule has 2 aromatic carbocycles. The molecule has 21 heavy (non-hydrogen) atoms. The van der Waals surface area contributed by atoms with Crippen LogP contribution in [0.1, 0.15) is 0 Å². The Bertz CT molecular complexity index is 626. The predicted octanol–water partition coefficient (Wildman–Crippen LogP) is 2.75. The van der Waals surface area contributed by atoms with Gasteiger partial charge in [0.05, 0.1) is 0 Å². The molecule has 0 unspecified atom stereocenters. The number of hydrogen-bond acceptors (Lipinski definition) is 4. The molecule has 0 amide bonds. The molecular formula is C14H12F2O4S. The maximum Gasteiger partial charge on any atom is 0.219 e. The number of hydrogen-bond donors (Lipinski definition) is 0. The van der Waals surface area contributed by atoms with E-state index in [1.54, 1.807) is 0 Å². The second-order valence-corrected chi connectivity index (χ2v) is 6.13. The number of rotatable bonds is 6. The van der Waals surface area contributed by atoms with E-state index in [0.717, 1.165) is 24.3 Å². The molecule has 4 nitrogen and oxygen atoms in total. The molecule has 0 atom stereocenters. The van der Waals surface area contributed by atoms with Gasteiger partial charge in [0.1, 0.15) is 23.1 Å². The number of sulfone groups is 1. The summed E-state index contributed by atoms with van der Waals surface area (Å²) < 4.78 is 58.9. The molecule has 2 rings (SSSR count). The molecule has 2 aromatic rings. The molecule has 0 aliphatic carbocycles. The molecule has 0 bridgehead atoms. The molecule has 0 radical (unpaired) electrons. The van der Waals surface area contributed by atoms with Crippen LogP contribution in [-0.2, 0) is 9.84 Å². The minimum absolute atomic E-state index is 0.238. The Morgan fingerprint density at radius 1 is 0.714 bits per heavy atom. The SMILES string of the molecule is O=S(=O)(COc1ccc(F)cc1)COc1ccc(F)cc1. The second kappa shape index (κ2) is 6.53. The van der Waals surface area contributed by atoms with Crippen molar-refractivity contribution in [3.63, 3.8) is 0 Å². The predicted molar refractivity (Wildman–Crippen MR) is 72.7 cm³/mol. The Morgan fingerprint density at radius 2 is 1.05 bits per heavy atom. The Balaban J connectivity index is 1.87. The van der Waals surface area contributed by atoms with Crippen LogP contribution in [0.3, 0.4) is 0 Å². The van der Waals surface area contributed by atoms with Gasteiger partial charge >= 0.3 is 0 Å². The number of benzene rings is 2. The van der Waals surface area contributed by atoms with Gasteiger partial charge in [-0.3, -0.25) is 0 Å². The first-order valence-electron chi connectivity index (χ1n) is 5.92. The third-order valence-electron chi connectivity index (χ3n) is 2.44. The Kier molecular flexibility index (Phi) is 4.74. The fraction of sp³-hybridized carbons (Fsp3) is 0.143. The van der Waals surface area contributed by atoms with Gasteiger partial charge in [-0.2, -0.15) is 0 Å². The van der Waals surface area contributed by atoms with Crippen LogP contribution in [0, 0.1) is 11.6 Å². The third kappa shape index (κ3) is 5.03. The maximum atomic E-state index is 12.7. The summed E-state index contributed by atoms with van der Waals surface area (Å²) in [5.74, 6) is -1.60. The van der Waals surface area contributed by atoms with Gasteiger partial charge in [-0.25, -0.2) is 17.2 Å². The van der Waals surface area contributed by atoms with Gasteiger partial charge < -0.3 is 9.47 Å². The van der Waals surface area contributed by atoms with E-state index in [0.29, 0.717) is 0 Å². The van der Waals surface area contributed by atoms with Crippen LogP contribution in [0.25, 0.3) is 0 Å². The highest BCUT2D eigenvalue weighted by Crippen LogP contribution is 2.14. The first-order valence-corrected chi connectivity index (χ1v) is 7.74. The second-order valence-electron chi connectivity index (χ2n) is 4.18. The van der Waals surface area contributed by atoms with Crippen LogP contribution < -0.4 is 9.47 Å². The molecule has 0 saturated heterocycles. The van der Waals surface area contributed by atoms with Gasteiger partial charge in [0, 0.05) is 0 Å². The number of halogens is 2. The van der Waals surface area contributed by atoms with Crippen molar-refractivity contribution < 1.29 is 26.7 Å². The summed E-state index contributed by atoms with van der Waals surface area (Å²) in [6, 6.07) is 9.95. The van der Waals surface area contributed by atoms with Crippen molar-refractivity contribution in [3.8, 4) is 11.5 Å². The fourth-order valence-corrected chi connectivity index (χ4v) is 2.11. The van der Waals surface area contributed by atoms with E-state index in [4.69, 9.17) is 9.47 Å². The number of ether oxygens (including phenoxy) is 2. The zero-order valence-electron chi connectivity index (χ0n) is 10.8. The lowest BCUT2D eigenvalue weighted by Crippen LogP contribution is -2.19. The highest BCUT2D eigenvalue weighted by molar-refractivity contribution is 7.91. The van der Waals surface area contributed by atoms with Crippen molar-refractivity contribution in [1.29, 1.82) is 0 Å². The average molecular weight is 314 g/mol. The smallest absolute Gasteiger partial charge is 0.219 e. The quantitative estimate of drug-likeness (QED) is 0.823. The summed E-state index contributed by atoms with van der Waals surface area (Å²) in [5.41, 5.74) is 0. The van der Waals surface area contributed by atoms with E-state index < -0.39 is 33.3 Å². The molecule has 112 valence electrons. The topological polar surface area (TPSA) is 52.6 Å². The standard InChI is InChI=1S/C14H12F2O4S/c15-11-1-5-13(6-2-11)19-9-21(17,18)10-20-14-7-3-12(16)4-8-14/h1-8H,9-10H2. The Morgan fingerprint density at radius 3 is 1.38 bits per heavy atom. The van der Waals surface area contributed by atoms with E-state index in [1.165, 1.54) is 24.3 Å². The summed E-state index contributed by atoms with van der Waals surface area (Å²) >= 11 is 0. The van der Waals surface area contributed by atoms with Crippen LogP contribution >= 0.6 is 0 Å². The van der Waals surface area contributed by atoms with Crippen molar-refractivity contribution in [2.24, 2.45) is 0 Å². The average Bonchev–Trinajstić information content (AvgIpc) is 2.46. The monoisotopic (exact) mass is 314 g/mol. The molecule has 7 heteroatoms. The van der Waals surface area contributed by atoms with E-state index in [2.05, 4.69) is 0 Å². The van der Waals surface area contributed by atoms with Gasteiger partial charge in [0.25, 0.3) is 0 Å². The van der Waals surface area contributed by atoms with Gasteiger partial charge in [0.15, 0.2) is 11.9 Å². The highest BCUT2D eigenvalue weighted by Gasteiger charge is 2.13. The molecule has 0 saturated carbocycles. The molecular weight excluding hydrogens is 302 g/mol. The van der Waals surface area contributed by atoms with Crippen LogP contribution in [-0.4, -0.2) is 20.3 Å². The molecule has 0 aliphatic rings. The summed E-state index contributed by atoms with van der Waals surface area (Å²) in [7, 11) is -3.63. The Hall–Kier alpha value is -2.15. The Labute approximate surface area is 120 Å². The van der Waals surface area contributed by atoms with Crippen molar-refractivity contribution in [3.05, 3.63) is 60.2 Å². The normalized spacial score (nSPS) is 11.1. The molecule has 0 heterocycles. The molecule has 0 N–H and O–H groups in total. The van der Waals surface area contributed by atoms with Crippen molar-refractivity contribution >= 4 is 9.84 Å². The fourth-order valence-electron chi connectivity index (χ4n) is 1.41. The van der Waals surface area contributed by atoms with Gasteiger partial charge in [-0.1, -0.05) is 0 Å². The summed E-state index contributed by atoms with van der Waals surface area (Å²) in [4.78, 5) is 0. The van der Waals surface area contributed by atoms with E-state index in [1.807, 2.05) is 0 Å². The summed E-state index contributed by atoms with van der Waals surface area (Å²) in [6.45, 7) is 0. The van der Waals surface area contributed by atoms with Gasteiger partial charge in [-0.15, -0.1) is 0 Å². The molecule has 0 fully saturated rings. The van der Waals surface area contributed by atoms with Crippen molar-refractivity contribution in [2.75, 3.05) is 11.9 Å². The van der Waals surface area contributed by atoms with Gasteiger partial charge in [-0.05, 0) is 48.5 Å². The molecule has 0 spiro atoms. The van der Waals surface area contributed by atoms with Crippen LogP contribution in [0.5, 0.6) is 11.5 Å². The first kappa shape index (κ1) is 15.2. The minimum Gasteiger partial charge on any atom is -0.478 e. The largest absolute Gasteiger partial charge is 0.478 e. The lowest BCUT2D eigenvalue weighted by molar-refractivity contribution is 0.346. The lowest BCUT2D eigenvalue weighted by atomic mass is 10.3. The zero-order valence-corrected chi connectivity index (χ0v) is 11.6. The minimum atomic E-state index is -3.63. The zero-order chi connectivity index (χ0) is 15.3. The van der Waals surface area contributed by atoms with E-state index in [-0.39, 0.29) is 11.5 Å². The van der Waals surface area contributed by atoms with Crippen molar-refractivity contribution in [2.45, 2.75) is 0 Å². The highest BCUT2D eigenvalue weighted by atomic mass is 32.2. The van der Waals surface area contributed by atoms with Crippen LogP contribution in [0.15, 0.2) is 48.5 Å². The summed E-state index contributed by atoms with van der Waals surface area (Å²) in [5, 5.41) is 0. The lowest BCUT2D eigenvalue weighted by Gasteiger charge is -2.09. The van der Waals surface area contributed by atoms with Crippen molar-refractivity contribution in [1.82, 2.24) is 0 Å².